The van der Waals surface area contributed by atoms with Gasteiger partial charge in [-0.1, -0.05) is 30.3 Å². The molecule has 0 N–H and O–H groups in total. The number of benzene rings is 2. The molecule has 1 heterocycles. The van der Waals surface area contributed by atoms with Crippen LogP contribution in [0.4, 0.5) is 5.69 Å². The first-order chi connectivity index (χ1) is 15.0. The van der Waals surface area contributed by atoms with Crippen molar-refractivity contribution in [2.24, 2.45) is 0 Å². The minimum Gasteiger partial charge on any atom is -0.467 e. The third-order valence-electron chi connectivity index (χ3n) is 4.48. The Hall–Kier alpha value is -4.05. The molecule has 0 saturated heterocycles. The molecular weight excluding hydrogens is 406 g/mol. The van der Waals surface area contributed by atoms with Gasteiger partial charge in [-0.15, -0.1) is 0 Å². The van der Waals surface area contributed by atoms with Gasteiger partial charge in [-0.2, -0.15) is 0 Å². The Labute approximate surface area is 177 Å². The van der Waals surface area contributed by atoms with E-state index in [0.717, 1.165) is 10.6 Å². The van der Waals surface area contributed by atoms with E-state index >= 15 is 0 Å². The van der Waals surface area contributed by atoms with Crippen LogP contribution < -0.4 is 4.74 Å². The maximum absolute atomic E-state index is 12.2. The number of hydrogen-bond acceptors (Lipinski definition) is 8. The topological polar surface area (TPSA) is 121 Å². The highest BCUT2D eigenvalue weighted by molar-refractivity contribution is 5.92. The number of nitro benzene ring substituents is 1. The predicted octanol–water partition coefficient (Wildman–Crippen LogP) is 2.65. The van der Waals surface area contributed by atoms with Crippen LogP contribution >= 0.6 is 0 Å². The van der Waals surface area contributed by atoms with Gasteiger partial charge in [-0.3, -0.25) is 19.9 Å². The van der Waals surface area contributed by atoms with Crippen LogP contribution in [0.5, 0.6) is 5.75 Å². The normalized spacial score (nSPS) is 11.5. The number of esters is 1. The van der Waals surface area contributed by atoms with Crippen molar-refractivity contribution in [3.63, 3.8) is 0 Å². The molecule has 0 saturated carbocycles. The summed E-state index contributed by atoms with van der Waals surface area (Å²) in [6.45, 7) is -0.440. The van der Waals surface area contributed by atoms with Crippen LogP contribution in [0, 0.1) is 10.1 Å². The van der Waals surface area contributed by atoms with Crippen molar-refractivity contribution in [3.05, 3.63) is 76.5 Å². The number of pyridine rings is 1. The number of fused-ring (bicyclic) bond motifs is 1. The van der Waals surface area contributed by atoms with Crippen molar-refractivity contribution in [2.45, 2.75) is 12.5 Å². The molecule has 1 amide bonds. The Balaban J connectivity index is 1.74. The van der Waals surface area contributed by atoms with E-state index in [4.69, 9.17) is 14.3 Å². The molecule has 31 heavy (non-hydrogen) atoms. The first-order valence-electron chi connectivity index (χ1n) is 9.18. The van der Waals surface area contributed by atoms with Crippen LogP contribution in [0.25, 0.3) is 10.9 Å². The largest absolute Gasteiger partial charge is 0.467 e. The van der Waals surface area contributed by atoms with E-state index in [1.54, 1.807) is 12.1 Å². The summed E-state index contributed by atoms with van der Waals surface area (Å²) in [5.41, 5.74) is 0.964. The number of amides is 1. The summed E-state index contributed by atoms with van der Waals surface area (Å²) >= 11 is 0. The van der Waals surface area contributed by atoms with Crippen molar-refractivity contribution in [2.75, 3.05) is 13.9 Å². The Bertz CT molecular complexity index is 1080. The molecule has 0 radical (unpaired) electrons. The third kappa shape index (κ3) is 5.11. The summed E-state index contributed by atoms with van der Waals surface area (Å²) in [5, 5.41) is 12.3. The number of non-ortho nitro benzene ring substituents is 1. The van der Waals surface area contributed by atoms with Gasteiger partial charge < -0.3 is 9.47 Å². The summed E-state index contributed by atoms with van der Waals surface area (Å²) < 4.78 is 10.3. The van der Waals surface area contributed by atoms with Crippen molar-refractivity contribution in [1.82, 2.24) is 10.0 Å². The average molecular weight is 425 g/mol. The summed E-state index contributed by atoms with van der Waals surface area (Å²) in [7, 11) is 1.22. The molecule has 1 atom stereocenters. The fraction of sp³-hybridized carbons (Fsp3) is 0.190. The molecule has 1 aromatic heterocycles. The highest BCUT2D eigenvalue weighted by Gasteiger charge is 2.28. The van der Waals surface area contributed by atoms with Crippen LogP contribution in [0.2, 0.25) is 0 Å². The molecule has 160 valence electrons. The summed E-state index contributed by atoms with van der Waals surface area (Å²) in [6.07, 6.45) is 2.01. The first kappa shape index (κ1) is 21.7. The van der Waals surface area contributed by atoms with E-state index in [-0.39, 0.29) is 23.4 Å². The summed E-state index contributed by atoms with van der Waals surface area (Å²) in [4.78, 5) is 44.0. The van der Waals surface area contributed by atoms with Crippen LogP contribution in [0.3, 0.4) is 0 Å². The van der Waals surface area contributed by atoms with Crippen molar-refractivity contribution in [1.29, 1.82) is 0 Å². The molecule has 3 aromatic rings. The Morgan fingerprint density at radius 3 is 2.65 bits per heavy atom. The molecule has 2 aromatic carbocycles. The second-order valence-electron chi connectivity index (χ2n) is 6.32. The molecule has 10 nitrogen and oxygen atoms in total. The maximum atomic E-state index is 12.2. The van der Waals surface area contributed by atoms with Crippen LogP contribution in [0.15, 0.2) is 60.8 Å². The number of hydroxylamine groups is 2. The van der Waals surface area contributed by atoms with E-state index in [9.17, 15) is 19.7 Å². The Morgan fingerprint density at radius 1 is 1.19 bits per heavy atom. The minimum atomic E-state index is -1.03. The van der Waals surface area contributed by atoms with Gasteiger partial charge in [0.1, 0.15) is 11.3 Å². The maximum Gasteiger partial charge on any atom is 0.331 e. The van der Waals surface area contributed by atoms with Gasteiger partial charge in [-0.25, -0.2) is 14.7 Å². The first-order valence-corrected chi connectivity index (χ1v) is 9.18. The predicted molar refractivity (Wildman–Crippen MR) is 109 cm³/mol. The summed E-state index contributed by atoms with van der Waals surface area (Å²) in [6, 6.07) is 13.9. The van der Waals surface area contributed by atoms with Gasteiger partial charge >= 0.3 is 5.97 Å². The number of hydrogen-bond donors (Lipinski definition) is 0. The van der Waals surface area contributed by atoms with E-state index < -0.39 is 23.7 Å². The van der Waals surface area contributed by atoms with E-state index in [1.165, 1.54) is 25.4 Å². The van der Waals surface area contributed by atoms with Crippen molar-refractivity contribution < 1.29 is 28.8 Å². The monoisotopic (exact) mass is 425 g/mol. The van der Waals surface area contributed by atoms with Crippen molar-refractivity contribution in [3.8, 4) is 5.75 Å². The lowest BCUT2D eigenvalue weighted by Gasteiger charge is -2.25. The summed E-state index contributed by atoms with van der Waals surface area (Å²) in [5.74, 6) is -0.428. The molecule has 0 fully saturated rings. The van der Waals surface area contributed by atoms with E-state index in [0.29, 0.717) is 11.8 Å². The second-order valence-corrected chi connectivity index (χ2v) is 6.32. The lowest BCUT2D eigenvalue weighted by Crippen LogP contribution is -2.43. The van der Waals surface area contributed by atoms with Gasteiger partial charge in [0, 0.05) is 18.7 Å². The molecule has 0 spiro atoms. The van der Waals surface area contributed by atoms with Gasteiger partial charge in [-0.05, 0) is 23.8 Å². The van der Waals surface area contributed by atoms with Crippen LogP contribution in [-0.4, -0.2) is 47.3 Å². The molecule has 10 heteroatoms. The number of carbonyl (C=O) groups excluding carboxylic acids is 2. The van der Waals surface area contributed by atoms with Gasteiger partial charge in [0.15, 0.2) is 6.04 Å². The number of aromatic nitrogens is 1. The molecule has 3 rings (SSSR count). The van der Waals surface area contributed by atoms with Gasteiger partial charge in [0.25, 0.3) is 5.69 Å². The number of carbonyl (C=O) groups is 2. The number of ether oxygens (including phenoxy) is 2. The van der Waals surface area contributed by atoms with E-state index in [2.05, 4.69) is 4.98 Å². The SMILES string of the molecule is COC(=O)C(Cc1ccccc1)N(C=O)OCOc1ccc([N+](=O)[O-])c2cccnc12. The molecule has 0 aliphatic rings. The fourth-order valence-corrected chi connectivity index (χ4v) is 3.00. The Kier molecular flexibility index (Phi) is 7.07. The molecular formula is C21H19N3O7. The zero-order valence-electron chi connectivity index (χ0n) is 16.5. The standard InChI is InChI=1S/C21H19N3O7/c1-29-21(26)18(12-15-6-3-2-4-7-15)23(13-25)31-14-30-19-10-9-17(24(27)28)16-8-5-11-22-20(16)19/h2-11,13,18H,12,14H2,1H3. The van der Waals surface area contributed by atoms with Crippen LogP contribution in [0.1, 0.15) is 5.56 Å². The third-order valence-corrected chi connectivity index (χ3v) is 4.48. The molecule has 0 aliphatic carbocycles. The number of nitro groups is 1. The van der Waals surface area contributed by atoms with Crippen LogP contribution in [-0.2, 0) is 25.6 Å². The number of nitrogens with zero attached hydrogens (tertiary/aromatic N) is 3. The molecule has 0 bridgehead atoms. The zero-order chi connectivity index (χ0) is 22.2. The average Bonchev–Trinajstić information content (AvgIpc) is 2.80. The quantitative estimate of drug-likeness (QED) is 0.160. The highest BCUT2D eigenvalue weighted by atomic mass is 16.8. The molecule has 1 unspecified atom stereocenters. The Morgan fingerprint density at radius 2 is 1.97 bits per heavy atom. The zero-order valence-corrected chi connectivity index (χ0v) is 16.5. The molecule has 0 aliphatic heterocycles. The number of methoxy groups -OCH3 is 1. The lowest BCUT2D eigenvalue weighted by molar-refractivity contribution is -0.383. The van der Waals surface area contributed by atoms with Crippen molar-refractivity contribution >= 4 is 29.0 Å². The van der Waals surface area contributed by atoms with Gasteiger partial charge in [0.2, 0.25) is 13.2 Å². The second kappa shape index (κ2) is 10.1. The minimum absolute atomic E-state index is 0.112. The number of rotatable bonds is 10. The van der Waals surface area contributed by atoms with Gasteiger partial charge in [0.05, 0.1) is 17.4 Å². The fourth-order valence-electron chi connectivity index (χ4n) is 3.00. The lowest BCUT2D eigenvalue weighted by atomic mass is 10.1. The van der Waals surface area contributed by atoms with E-state index in [1.807, 2.05) is 30.3 Å². The smallest absolute Gasteiger partial charge is 0.331 e. The highest BCUT2D eigenvalue weighted by Crippen LogP contribution is 2.31.